The summed E-state index contributed by atoms with van der Waals surface area (Å²) in [5, 5.41) is 2.98. The molecule has 3 nitrogen and oxygen atoms in total. The van der Waals surface area contributed by atoms with Gasteiger partial charge in [-0.25, -0.2) is 0 Å². The number of carbonyl (C=O) groups excluding carboxylic acids is 1. The van der Waals surface area contributed by atoms with Crippen molar-refractivity contribution in [2.45, 2.75) is 27.2 Å². The molecule has 0 saturated carbocycles. The minimum Gasteiger partial charge on any atom is -0.352 e. The molecule has 0 radical (unpaired) electrons. The molecule has 1 aromatic carbocycles. The van der Waals surface area contributed by atoms with E-state index in [1.807, 2.05) is 31.2 Å². The Balaban J connectivity index is 1.93. The van der Waals surface area contributed by atoms with Crippen LogP contribution in [-0.4, -0.2) is 17.0 Å². The van der Waals surface area contributed by atoms with Gasteiger partial charge in [0.25, 0.3) is 5.91 Å². The average Bonchev–Trinajstić information content (AvgIpc) is 2.66. The number of nitrogens with zero attached hydrogens (tertiary/aromatic N) is 1. The fraction of sp³-hybridized carbons (Fsp3) is 0.353. The van der Waals surface area contributed by atoms with Crippen molar-refractivity contribution < 1.29 is 4.79 Å². The van der Waals surface area contributed by atoms with Gasteiger partial charge in [0, 0.05) is 30.5 Å². The molecule has 2 rings (SSSR count). The number of aromatic nitrogens is 1. The van der Waals surface area contributed by atoms with Crippen molar-refractivity contribution in [2.75, 3.05) is 6.54 Å². The van der Waals surface area contributed by atoms with Crippen LogP contribution in [0.2, 0.25) is 0 Å². The molecule has 0 fully saturated rings. The van der Waals surface area contributed by atoms with E-state index < -0.39 is 0 Å². The van der Waals surface area contributed by atoms with Crippen LogP contribution in [0.1, 0.15) is 32.9 Å². The number of hydrogen-bond donors (Lipinski definition) is 1. The molecule has 106 valence electrons. The minimum atomic E-state index is -0.000920. The first kappa shape index (κ1) is 14.4. The van der Waals surface area contributed by atoms with Gasteiger partial charge >= 0.3 is 0 Å². The molecule has 0 saturated heterocycles. The summed E-state index contributed by atoms with van der Waals surface area (Å²) in [6, 6.07) is 9.85. The normalized spacial score (nSPS) is 10.6. The molecule has 1 heterocycles. The summed E-state index contributed by atoms with van der Waals surface area (Å²) in [5.74, 6) is -0.000920. The van der Waals surface area contributed by atoms with Gasteiger partial charge in [0.1, 0.15) is 0 Å². The molecule has 1 N–H and O–H groups in total. The lowest BCUT2D eigenvalue weighted by Gasteiger charge is -2.06. The number of aryl methyl sites for hydroxylation is 2. The number of hydrogen-bond acceptors (Lipinski definition) is 1. The van der Waals surface area contributed by atoms with Crippen LogP contribution < -0.4 is 5.32 Å². The highest BCUT2D eigenvalue weighted by molar-refractivity contribution is 5.94. The van der Waals surface area contributed by atoms with Crippen molar-refractivity contribution in [3.8, 4) is 0 Å². The van der Waals surface area contributed by atoms with E-state index in [4.69, 9.17) is 0 Å². The minimum absolute atomic E-state index is 0.000920. The second kappa shape index (κ2) is 5.95. The molecule has 0 unspecified atom stereocenters. The fourth-order valence-electron chi connectivity index (χ4n) is 2.39. The van der Waals surface area contributed by atoms with Gasteiger partial charge in [0.15, 0.2) is 0 Å². The molecular formula is C17H22N2O. The van der Waals surface area contributed by atoms with Gasteiger partial charge in [0.05, 0.1) is 0 Å². The maximum absolute atomic E-state index is 12.0. The zero-order valence-electron chi connectivity index (χ0n) is 12.7. The van der Waals surface area contributed by atoms with Crippen LogP contribution in [0.25, 0.3) is 0 Å². The zero-order chi connectivity index (χ0) is 14.7. The van der Waals surface area contributed by atoms with E-state index in [1.54, 1.807) is 0 Å². The van der Waals surface area contributed by atoms with E-state index in [9.17, 15) is 4.79 Å². The largest absolute Gasteiger partial charge is 0.352 e. The molecule has 0 aliphatic rings. The number of nitrogens with one attached hydrogen (secondary N) is 1. The monoisotopic (exact) mass is 270 g/mol. The van der Waals surface area contributed by atoms with Gasteiger partial charge in [-0.15, -0.1) is 0 Å². The van der Waals surface area contributed by atoms with Gasteiger partial charge in [0.2, 0.25) is 0 Å². The zero-order valence-corrected chi connectivity index (χ0v) is 12.7. The smallest absolute Gasteiger partial charge is 0.251 e. The van der Waals surface area contributed by atoms with Crippen molar-refractivity contribution in [1.29, 1.82) is 0 Å². The molecule has 0 aliphatic heterocycles. The highest BCUT2D eigenvalue weighted by Gasteiger charge is 2.08. The summed E-state index contributed by atoms with van der Waals surface area (Å²) >= 11 is 0. The average molecular weight is 270 g/mol. The number of amides is 1. The molecule has 2 aromatic rings. The SMILES string of the molecule is Cc1cccc(C(=O)NCCc2cc(C)n(C)c2C)c1. The first-order chi connectivity index (χ1) is 9.49. The van der Waals surface area contributed by atoms with Crippen molar-refractivity contribution in [3.05, 3.63) is 58.4 Å². The third kappa shape index (κ3) is 3.10. The standard InChI is InChI=1S/C17H22N2O/c1-12-6-5-7-16(10-12)17(20)18-9-8-15-11-13(2)19(4)14(15)3/h5-7,10-11H,8-9H2,1-4H3,(H,18,20). The van der Waals surface area contributed by atoms with Crippen molar-refractivity contribution in [1.82, 2.24) is 9.88 Å². The molecule has 1 aromatic heterocycles. The Bertz CT molecular complexity index is 626. The fourth-order valence-corrected chi connectivity index (χ4v) is 2.39. The number of carbonyl (C=O) groups is 1. The topological polar surface area (TPSA) is 34.0 Å². The van der Waals surface area contributed by atoms with Crippen LogP contribution >= 0.6 is 0 Å². The Morgan fingerprint density at radius 1 is 1.20 bits per heavy atom. The van der Waals surface area contributed by atoms with E-state index in [0.717, 1.165) is 17.5 Å². The van der Waals surface area contributed by atoms with E-state index in [-0.39, 0.29) is 5.91 Å². The van der Waals surface area contributed by atoms with E-state index in [0.29, 0.717) is 6.54 Å². The Labute approximate surface area is 120 Å². The van der Waals surface area contributed by atoms with Gasteiger partial charge in [-0.1, -0.05) is 17.7 Å². The Kier molecular flexibility index (Phi) is 4.28. The number of rotatable bonds is 4. The second-order valence-corrected chi connectivity index (χ2v) is 5.33. The predicted octanol–water partition coefficient (Wildman–Crippen LogP) is 2.92. The molecule has 0 atom stereocenters. The third-order valence-corrected chi connectivity index (χ3v) is 3.84. The van der Waals surface area contributed by atoms with E-state index >= 15 is 0 Å². The van der Waals surface area contributed by atoms with Crippen LogP contribution in [0.15, 0.2) is 30.3 Å². The Morgan fingerprint density at radius 2 is 1.95 bits per heavy atom. The third-order valence-electron chi connectivity index (χ3n) is 3.84. The lowest BCUT2D eigenvalue weighted by molar-refractivity contribution is 0.0954. The second-order valence-electron chi connectivity index (χ2n) is 5.33. The maximum atomic E-state index is 12.0. The van der Waals surface area contributed by atoms with Crippen molar-refractivity contribution in [3.63, 3.8) is 0 Å². The highest BCUT2D eigenvalue weighted by Crippen LogP contribution is 2.13. The Morgan fingerprint density at radius 3 is 2.55 bits per heavy atom. The van der Waals surface area contributed by atoms with Gasteiger partial charge in [-0.3, -0.25) is 4.79 Å². The van der Waals surface area contributed by atoms with Crippen LogP contribution in [-0.2, 0) is 13.5 Å². The van der Waals surface area contributed by atoms with E-state index in [2.05, 4.69) is 36.8 Å². The van der Waals surface area contributed by atoms with Gasteiger partial charge in [-0.05, 0) is 51.0 Å². The van der Waals surface area contributed by atoms with Crippen LogP contribution in [0.4, 0.5) is 0 Å². The first-order valence-corrected chi connectivity index (χ1v) is 6.95. The molecule has 1 amide bonds. The van der Waals surface area contributed by atoms with Gasteiger partial charge in [-0.2, -0.15) is 0 Å². The molecule has 0 bridgehead atoms. The molecular weight excluding hydrogens is 248 g/mol. The van der Waals surface area contributed by atoms with Crippen LogP contribution in [0, 0.1) is 20.8 Å². The Hall–Kier alpha value is -2.03. The van der Waals surface area contributed by atoms with Gasteiger partial charge < -0.3 is 9.88 Å². The lowest BCUT2D eigenvalue weighted by Crippen LogP contribution is -2.25. The molecule has 20 heavy (non-hydrogen) atoms. The summed E-state index contributed by atoms with van der Waals surface area (Å²) in [7, 11) is 2.07. The quantitative estimate of drug-likeness (QED) is 0.910. The van der Waals surface area contributed by atoms with Crippen LogP contribution in [0.5, 0.6) is 0 Å². The van der Waals surface area contributed by atoms with E-state index in [1.165, 1.54) is 17.0 Å². The number of benzene rings is 1. The van der Waals surface area contributed by atoms with Crippen LogP contribution in [0.3, 0.4) is 0 Å². The molecule has 3 heteroatoms. The first-order valence-electron chi connectivity index (χ1n) is 6.95. The summed E-state index contributed by atoms with van der Waals surface area (Å²) < 4.78 is 2.18. The molecule has 0 spiro atoms. The molecule has 0 aliphatic carbocycles. The van der Waals surface area contributed by atoms with Crippen molar-refractivity contribution >= 4 is 5.91 Å². The summed E-state index contributed by atoms with van der Waals surface area (Å²) in [5.41, 5.74) is 5.66. The predicted molar refractivity (Wildman–Crippen MR) is 82.1 cm³/mol. The lowest BCUT2D eigenvalue weighted by atomic mass is 10.1. The summed E-state index contributed by atoms with van der Waals surface area (Å²) in [6.45, 7) is 6.87. The summed E-state index contributed by atoms with van der Waals surface area (Å²) in [6.07, 6.45) is 0.866. The maximum Gasteiger partial charge on any atom is 0.251 e. The van der Waals surface area contributed by atoms with Crippen molar-refractivity contribution in [2.24, 2.45) is 7.05 Å². The summed E-state index contributed by atoms with van der Waals surface area (Å²) in [4.78, 5) is 12.0. The highest BCUT2D eigenvalue weighted by atomic mass is 16.1.